The number of nitrogens with zero attached hydrogens (tertiary/aromatic N) is 2. The molecule has 0 radical (unpaired) electrons. The predicted molar refractivity (Wildman–Crippen MR) is 67.5 cm³/mol. The normalized spacial score (nSPS) is 10.9. The fourth-order valence-electron chi connectivity index (χ4n) is 1.68. The molecule has 1 aromatic heterocycles. The second kappa shape index (κ2) is 4.90. The summed E-state index contributed by atoms with van der Waals surface area (Å²) in [5.74, 6) is -0.756. The molecule has 2 aromatic rings. The number of rotatable bonds is 3. The molecule has 0 saturated carbocycles. The van der Waals surface area contributed by atoms with Crippen LogP contribution in [0.1, 0.15) is 35.9 Å². The number of benzene rings is 1. The molecule has 1 heterocycles. The minimum absolute atomic E-state index is 0.0588. The Balaban J connectivity index is 2.42. The van der Waals surface area contributed by atoms with E-state index >= 15 is 0 Å². The quantitative estimate of drug-likeness (QED) is 0.797. The Morgan fingerprint density at radius 3 is 2.78 bits per heavy atom. The van der Waals surface area contributed by atoms with Crippen molar-refractivity contribution in [3.63, 3.8) is 0 Å². The number of aromatic nitrogens is 2. The first-order chi connectivity index (χ1) is 8.50. The molecular formula is C13H12ClFN2O. The lowest BCUT2D eigenvalue weighted by atomic mass is 10.1. The van der Waals surface area contributed by atoms with Crippen molar-refractivity contribution < 1.29 is 9.18 Å². The molecule has 2 rings (SSSR count). The van der Waals surface area contributed by atoms with E-state index in [1.165, 1.54) is 24.4 Å². The van der Waals surface area contributed by atoms with Gasteiger partial charge in [-0.05, 0) is 32.0 Å². The lowest BCUT2D eigenvalue weighted by Gasteiger charge is -2.10. The van der Waals surface area contributed by atoms with Crippen LogP contribution < -0.4 is 0 Å². The maximum absolute atomic E-state index is 13.1. The second-order valence-electron chi connectivity index (χ2n) is 4.24. The Morgan fingerprint density at radius 2 is 2.17 bits per heavy atom. The van der Waals surface area contributed by atoms with Crippen LogP contribution in [0.3, 0.4) is 0 Å². The molecule has 0 bridgehead atoms. The highest BCUT2D eigenvalue weighted by molar-refractivity contribution is 6.31. The summed E-state index contributed by atoms with van der Waals surface area (Å²) >= 11 is 5.67. The van der Waals surface area contributed by atoms with Crippen LogP contribution in [-0.4, -0.2) is 15.3 Å². The molecule has 5 heteroatoms. The number of imidazole rings is 1. The number of halogens is 2. The molecule has 0 saturated heterocycles. The minimum Gasteiger partial charge on any atom is -0.325 e. The molecular weight excluding hydrogens is 255 g/mol. The number of carbonyl (C=O) groups excluding carboxylic acids is 1. The standard InChI is InChI=1S/C13H12ClFN2O/c1-8(2)17-7-16-6-12(17)13(18)9-3-4-11(15)10(14)5-9/h3-8H,1-2H3. The summed E-state index contributed by atoms with van der Waals surface area (Å²) in [5.41, 5.74) is 0.816. The van der Waals surface area contributed by atoms with Gasteiger partial charge in [-0.25, -0.2) is 9.37 Å². The molecule has 0 aliphatic carbocycles. The third kappa shape index (κ3) is 2.29. The highest BCUT2D eigenvalue weighted by Gasteiger charge is 2.16. The first kappa shape index (κ1) is 12.8. The van der Waals surface area contributed by atoms with Gasteiger partial charge in [0.25, 0.3) is 0 Å². The van der Waals surface area contributed by atoms with Gasteiger partial charge in [0.1, 0.15) is 11.5 Å². The highest BCUT2D eigenvalue weighted by atomic mass is 35.5. The summed E-state index contributed by atoms with van der Waals surface area (Å²) in [6, 6.07) is 4.06. The Labute approximate surface area is 109 Å². The molecule has 0 aliphatic rings. The minimum atomic E-state index is -0.536. The van der Waals surface area contributed by atoms with Crippen LogP contribution in [-0.2, 0) is 0 Å². The zero-order chi connectivity index (χ0) is 13.3. The van der Waals surface area contributed by atoms with Crippen molar-refractivity contribution >= 4 is 17.4 Å². The topological polar surface area (TPSA) is 34.9 Å². The van der Waals surface area contributed by atoms with Gasteiger partial charge < -0.3 is 4.57 Å². The number of carbonyl (C=O) groups is 1. The fourth-order valence-corrected chi connectivity index (χ4v) is 1.86. The monoisotopic (exact) mass is 266 g/mol. The van der Waals surface area contributed by atoms with Gasteiger partial charge in [-0.2, -0.15) is 0 Å². The SMILES string of the molecule is CC(C)n1cncc1C(=O)c1ccc(F)c(Cl)c1. The van der Waals surface area contributed by atoms with E-state index in [1.54, 1.807) is 10.9 Å². The van der Waals surface area contributed by atoms with Crippen LogP contribution in [0.4, 0.5) is 4.39 Å². The van der Waals surface area contributed by atoms with E-state index in [0.29, 0.717) is 11.3 Å². The van der Waals surface area contributed by atoms with E-state index in [-0.39, 0.29) is 16.8 Å². The van der Waals surface area contributed by atoms with Crippen LogP contribution in [0, 0.1) is 5.82 Å². The molecule has 0 N–H and O–H groups in total. The molecule has 18 heavy (non-hydrogen) atoms. The van der Waals surface area contributed by atoms with Crippen molar-refractivity contribution in [2.45, 2.75) is 19.9 Å². The zero-order valence-electron chi connectivity index (χ0n) is 10.0. The molecule has 0 spiro atoms. The third-order valence-electron chi connectivity index (χ3n) is 2.64. The number of ketones is 1. The summed E-state index contributed by atoms with van der Waals surface area (Å²) in [4.78, 5) is 16.2. The first-order valence-electron chi connectivity index (χ1n) is 5.52. The maximum Gasteiger partial charge on any atom is 0.211 e. The number of hydrogen-bond acceptors (Lipinski definition) is 2. The van der Waals surface area contributed by atoms with Gasteiger partial charge in [0.15, 0.2) is 0 Å². The maximum atomic E-state index is 13.1. The molecule has 0 aliphatic heterocycles. The third-order valence-corrected chi connectivity index (χ3v) is 2.93. The Morgan fingerprint density at radius 1 is 1.44 bits per heavy atom. The summed E-state index contributed by atoms with van der Waals surface area (Å²) in [7, 11) is 0. The first-order valence-corrected chi connectivity index (χ1v) is 5.90. The van der Waals surface area contributed by atoms with E-state index in [1.807, 2.05) is 13.8 Å². The Bertz CT molecular complexity index is 592. The molecule has 0 amide bonds. The molecule has 3 nitrogen and oxygen atoms in total. The van der Waals surface area contributed by atoms with Gasteiger partial charge in [0, 0.05) is 11.6 Å². The van der Waals surface area contributed by atoms with E-state index in [2.05, 4.69) is 4.98 Å². The zero-order valence-corrected chi connectivity index (χ0v) is 10.8. The summed E-state index contributed by atoms with van der Waals surface area (Å²) in [5, 5.41) is -0.0588. The van der Waals surface area contributed by atoms with Gasteiger partial charge in [-0.15, -0.1) is 0 Å². The fraction of sp³-hybridized carbons (Fsp3) is 0.231. The predicted octanol–water partition coefficient (Wildman–Crippen LogP) is 3.49. The second-order valence-corrected chi connectivity index (χ2v) is 4.65. The van der Waals surface area contributed by atoms with Gasteiger partial charge >= 0.3 is 0 Å². The lowest BCUT2D eigenvalue weighted by molar-refractivity contribution is 0.102. The summed E-state index contributed by atoms with van der Waals surface area (Å²) in [6.45, 7) is 3.91. The van der Waals surface area contributed by atoms with Gasteiger partial charge in [0.2, 0.25) is 5.78 Å². The van der Waals surface area contributed by atoms with E-state index in [9.17, 15) is 9.18 Å². The van der Waals surface area contributed by atoms with E-state index < -0.39 is 5.82 Å². The summed E-state index contributed by atoms with van der Waals surface area (Å²) in [6.07, 6.45) is 3.10. The average molecular weight is 267 g/mol. The average Bonchev–Trinajstić information content (AvgIpc) is 2.81. The highest BCUT2D eigenvalue weighted by Crippen LogP contribution is 2.19. The van der Waals surface area contributed by atoms with Crippen LogP contribution in [0.25, 0.3) is 0 Å². The van der Waals surface area contributed by atoms with Crippen molar-refractivity contribution in [3.05, 3.63) is 52.8 Å². The van der Waals surface area contributed by atoms with Crippen molar-refractivity contribution in [3.8, 4) is 0 Å². The van der Waals surface area contributed by atoms with Gasteiger partial charge in [-0.3, -0.25) is 4.79 Å². The van der Waals surface area contributed by atoms with Gasteiger partial charge in [0.05, 0.1) is 17.5 Å². The van der Waals surface area contributed by atoms with Crippen molar-refractivity contribution in [1.29, 1.82) is 0 Å². The van der Waals surface area contributed by atoms with Crippen LogP contribution in [0.15, 0.2) is 30.7 Å². The molecule has 1 aromatic carbocycles. The van der Waals surface area contributed by atoms with Crippen molar-refractivity contribution in [1.82, 2.24) is 9.55 Å². The lowest BCUT2D eigenvalue weighted by Crippen LogP contribution is -2.11. The van der Waals surface area contributed by atoms with Crippen molar-refractivity contribution in [2.24, 2.45) is 0 Å². The van der Waals surface area contributed by atoms with E-state index in [0.717, 1.165) is 0 Å². The van der Waals surface area contributed by atoms with Crippen LogP contribution >= 0.6 is 11.6 Å². The molecule has 0 atom stereocenters. The molecule has 0 unspecified atom stereocenters. The van der Waals surface area contributed by atoms with E-state index in [4.69, 9.17) is 11.6 Å². The Kier molecular flexibility index (Phi) is 3.48. The largest absolute Gasteiger partial charge is 0.325 e. The smallest absolute Gasteiger partial charge is 0.211 e. The van der Waals surface area contributed by atoms with Crippen LogP contribution in [0.5, 0.6) is 0 Å². The number of hydrogen-bond donors (Lipinski definition) is 0. The van der Waals surface area contributed by atoms with Gasteiger partial charge in [-0.1, -0.05) is 11.6 Å². The van der Waals surface area contributed by atoms with Crippen LogP contribution in [0.2, 0.25) is 5.02 Å². The van der Waals surface area contributed by atoms with Crippen molar-refractivity contribution in [2.75, 3.05) is 0 Å². The molecule has 0 fully saturated rings. The Hall–Kier alpha value is -1.68. The molecule has 94 valence electrons. The summed E-state index contributed by atoms with van der Waals surface area (Å²) < 4.78 is 14.8.